The lowest BCUT2D eigenvalue weighted by molar-refractivity contribution is -0.139. The number of nitrogens with zero attached hydrogens (tertiary/aromatic N) is 1. The summed E-state index contributed by atoms with van der Waals surface area (Å²) < 4.78 is 27.3. The van der Waals surface area contributed by atoms with E-state index in [4.69, 9.17) is 0 Å². The van der Waals surface area contributed by atoms with E-state index < -0.39 is 21.9 Å². The van der Waals surface area contributed by atoms with Gasteiger partial charge in [0, 0.05) is 5.56 Å². The van der Waals surface area contributed by atoms with E-state index in [9.17, 15) is 18.3 Å². The van der Waals surface area contributed by atoms with Crippen LogP contribution in [-0.2, 0) is 14.8 Å². The molecule has 1 aliphatic heterocycles. The minimum Gasteiger partial charge on any atom is -0.481 e. The van der Waals surface area contributed by atoms with Crippen molar-refractivity contribution in [3.8, 4) is 0 Å². The number of rotatable bonds is 4. The quantitative estimate of drug-likeness (QED) is 0.899. The van der Waals surface area contributed by atoms with E-state index in [1.807, 2.05) is 6.92 Å². The molecule has 18 heavy (non-hydrogen) atoms. The maximum atomic E-state index is 11.8. The lowest BCUT2D eigenvalue weighted by Crippen LogP contribution is -2.23. The van der Waals surface area contributed by atoms with Crippen molar-refractivity contribution in [2.75, 3.05) is 0 Å². The van der Waals surface area contributed by atoms with Gasteiger partial charge in [-0.05, 0) is 12.5 Å². The summed E-state index contributed by atoms with van der Waals surface area (Å²) in [6.45, 7) is 1.85. The van der Waals surface area contributed by atoms with Crippen molar-refractivity contribution in [3.05, 3.63) is 29.8 Å². The standard InChI is InChI=1S/C12H13NO4S/c1-2-5-9(12(14)15)11-8-6-3-4-7-10(8)18(16,17)13-11/h3-4,6-7,9H,2,5H2,1H3,(H,14,15). The molecule has 1 aromatic carbocycles. The number of aliphatic carboxylic acids is 1. The van der Waals surface area contributed by atoms with Crippen molar-refractivity contribution < 1.29 is 18.3 Å². The van der Waals surface area contributed by atoms with Gasteiger partial charge < -0.3 is 5.11 Å². The first-order valence-corrected chi connectivity index (χ1v) is 7.08. The third-order valence-electron chi connectivity index (χ3n) is 2.86. The first kappa shape index (κ1) is 12.8. The summed E-state index contributed by atoms with van der Waals surface area (Å²) in [4.78, 5) is 11.3. The van der Waals surface area contributed by atoms with Gasteiger partial charge in [0.2, 0.25) is 0 Å². The zero-order valence-corrected chi connectivity index (χ0v) is 10.6. The Bertz CT molecular complexity index is 619. The van der Waals surface area contributed by atoms with Crippen LogP contribution in [0.15, 0.2) is 33.6 Å². The first-order chi connectivity index (χ1) is 8.47. The Morgan fingerprint density at radius 2 is 2.06 bits per heavy atom. The molecule has 0 amide bonds. The number of fused-ring (bicyclic) bond motifs is 1. The van der Waals surface area contributed by atoms with Gasteiger partial charge in [-0.2, -0.15) is 12.8 Å². The van der Waals surface area contributed by atoms with Crippen LogP contribution < -0.4 is 0 Å². The number of hydrogen-bond donors (Lipinski definition) is 1. The van der Waals surface area contributed by atoms with Crippen LogP contribution in [0.5, 0.6) is 0 Å². The monoisotopic (exact) mass is 267 g/mol. The van der Waals surface area contributed by atoms with E-state index in [0.717, 1.165) is 0 Å². The van der Waals surface area contributed by atoms with E-state index in [0.29, 0.717) is 18.4 Å². The minimum atomic E-state index is -3.73. The Balaban J connectivity index is 2.56. The number of carboxylic acids is 1. The second-order valence-electron chi connectivity index (χ2n) is 4.13. The number of hydrogen-bond acceptors (Lipinski definition) is 3. The molecule has 0 bridgehead atoms. The summed E-state index contributed by atoms with van der Waals surface area (Å²) >= 11 is 0. The zero-order valence-electron chi connectivity index (χ0n) is 9.83. The highest BCUT2D eigenvalue weighted by molar-refractivity contribution is 7.90. The molecule has 96 valence electrons. The van der Waals surface area contributed by atoms with Gasteiger partial charge in [-0.25, -0.2) is 0 Å². The van der Waals surface area contributed by atoms with Crippen molar-refractivity contribution in [3.63, 3.8) is 0 Å². The van der Waals surface area contributed by atoms with Crippen LogP contribution >= 0.6 is 0 Å². The predicted molar refractivity (Wildman–Crippen MR) is 66.2 cm³/mol. The van der Waals surface area contributed by atoms with Crippen LogP contribution in [0, 0.1) is 5.92 Å². The molecule has 1 unspecified atom stereocenters. The van der Waals surface area contributed by atoms with Gasteiger partial charge in [-0.15, -0.1) is 0 Å². The third-order valence-corrected chi connectivity index (χ3v) is 4.21. The van der Waals surface area contributed by atoms with E-state index in [-0.39, 0.29) is 10.6 Å². The van der Waals surface area contributed by atoms with E-state index in [1.54, 1.807) is 18.2 Å². The van der Waals surface area contributed by atoms with Crippen molar-refractivity contribution in [2.45, 2.75) is 24.7 Å². The lowest BCUT2D eigenvalue weighted by Gasteiger charge is -2.11. The summed E-state index contributed by atoms with van der Waals surface area (Å²) in [5.74, 6) is -1.91. The highest BCUT2D eigenvalue weighted by atomic mass is 32.2. The Kier molecular flexibility index (Phi) is 3.21. The fourth-order valence-electron chi connectivity index (χ4n) is 2.05. The molecule has 0 fully saturated rings. The summed E-state index contributed by atoms with van der Waals surface area (Å²) in [5, 5.41) is 9.18. The van der Waals surface area contributed by atoms with Gasteiger partial charge >= 0.3 is 5.97 Å². The van der Waals surface area contributed by atoms with E-state index in [1.165, 1.54) is 6.07 Å². The third kappa shape index (κ3) is 2.03. The number of carboxylic acid groups (broad SMARTS) is 1. The average Bonchev–Trinajstić information content (AvgIpc) is 2.59. The highest BCUT2D eigenvalue weighted by Crippen LogP contribution is 2.30. The van der Waals surface area contributed by atoms with Gasteiger partial charge in [0.1, 0.15) is 5.92 Å². The maximum absolute atomic E-state index is 11.8. The van der Waals surface area contributed by atoms with Crippen LogP contribution in [0.25, 0.3) is 0 Å². The molecule has 1 atom stereocenters. The topological polar surface area (TPSA) is 83.8 Å². The van der Waals surface area contributed by atoms with E-state index >= 15 is 0 Å². The molecule has 1 heterocycles. The van der Waals surface area contributed by atoms with Gasteiger partial charge in [-0.1, -0.05) is 31.5 Å². The van der Waals surface area contributed by atoms with Crippen LogP contribution in [-0.4, -0.2) is 25.2 Å². The van der Waals surface area contributed by atoms with Gasteiger partial charge in [0.05, 0.1) is 10.6 Å². The Hall–Kier alpha value is -1.69. The molecule has 1 N–H and O–H groups in total. The molecule has 5 nitrogen and oxygen atoms in total. The molecule has 1 aromatic rings. The largest absolute Gasteiger partial charge is 0.481 e. The Labute approximate surface area is 105 Å². The summed E-state index contributed by atoms with van der Waals surface area (Å²) in [6, 6.07) is 6.33. The average molecular weight is 267 g/mol. The molecular formula is C12H13NO4S. The SMILES string of the molecule is CCCC(C(=O)O)C1=NS(=O)(=O)c2ccccc21. The first-order valence-electron chi connectivity index (χ1n) is 5.64. The van der Waals surface area contributed by atoms with Crippen molar-refractivity contribution in [1.82, 2.24) is 0 Å². The zero-order chi connectivity index (χ0) is 13.3. The smallest absolute Gasteiger partial charge is 0.312 e. The fourth-order valence-corrected chi connectivity index (χ4v) is 3.33. The van der Waals surface area contributed by atoms with Gasteiger partial charge in [0.15, 0.2) is 0 Å². The molecule has 0 saturated heterocycles. The molecule has 0 aliphatic carbocycles. The van der Waals surface area contributed by atoms with Crippen LogP contribution in [0.4, 0.5) is 0 Å². The fraction of sp³-hybridized carbons (Fsp3) is 0.333. The van der Waals surface area contributed by atoms with Crippen LogP contribution in [0.1, 0.15) is 25.3 Å². The molecule has 0 radical (unpaired) electrons. The van der Waals surface area contributed by atoms with Crippen molar-refractivity contribution >= 4 is 21.7 Å². The minimum absolute atomic E-state index is 0.0994. The molecule has 2 rings (SSSR count). The molecular weight excluding hydrogens is 254 g/mol. The normalized spacial score (nSPS) is 17.9. The molecule has 0 aromatic heterocycles. The molecule has 6 heteroatoms. The Morgan fingerprint density at radius 1 is 1.39 bits per heavy atom. The lowest BCUT2D eigenvalue weighted by atomic mass is 9.93. The second kappa shape index (κ2) is 4.53. The number of carbonyl (C=O) groups is 1. The van der Waals surface area contributed by atoms with Gasteiger partial charge in [-0.3, -0.25) is 4.79 Å². The molecule has 1 aliphatic rings. The number of benzene rings is 1. The van der Waals surface area contributed by atoms with Crippen LogP contribution in [0.2, 0.25) is 0 Å². The summed E-state index contributed by atoms with van der Waals surface area (Å²) in [5.41, 5.74) is 0.568. The van der Waals surface area contributed by atoms with E-state index in [2.05, 4.69) is 4.40 Å². The highest BCUT2D eigenvalue weighted by Gasteiger charge is 2.35. The van der Waals surface area contributed by atoms with Gasteiger partial charge in [0.25, 0.3) is 10.0 Å². The maximum Gasteiger partial charge on any atom is 0.312 e. The second-order valence-corrected chi connectivity index (χ2v) is 5.70. The molecule has 0 saturated carbocycles. The number of sulfonamides is 1. The predicted octanol–water partition coefficient (Wildman–Crippen LogP) is 1.68. The molecule has 0 spiro atoms. The van der Waals surface area contributed by atoms with Crippen LogP contribution in [0.3, 0.4) is 0 Å². The van der Waals surface area contributed by atoms with Crippen molar-refractivity contribution in [1.29, 1.82) is 0 Å². The Morgan fingerprint density at radius 3 is 2.67 bits per heavy atom. The summed E-state index contributed by atoms with van der Waals surface area (Å²) in [7, 11) is -3.73. The van der Waals surface area contributed by atoms with Crippen molar-refractivity contribution in [2.24, 2.45) is 10.3 Å². The summed E-state index contributed by atoms with van der Waals surface area (Å²) in [6.07, 6.45) is 1.02.